The molecule has 2 amide bonds. The van der Waals surface area contributed by atoms with Crippen LogP contribution in [0.15, 0.2) is 41.2 Å². The van der Waals surface area contributed by atoms with Gasteiger partial charge in [0, 0.05) is 23.5 Å². The van der Waals surface area contributed by atoms with E-state index in [1.54, 1.807) is 13.0 Å². The van der Waals surface area contributed by atoms with Crippen LogP contribution in [-0.4, -0.2) is 29.1 Å². The third-order valence-corrected chi connectivity index (χ3v) is 5.40. The molecule has 0 saturated carbocycles. The van der Waals surface area contributed by atoms with Gasteiger partial charge in [-0.1, -0.05) is 17.7 Å². The highest BCUT2D eigenvalue weighted by molar-refractivity contribution is 6.31. The molecule has 0 spiro atoms. The van der Waals surface area contributed by atoms with Gasteiger partial charge >= 0.3 is 6.03 Å². The Morgan fingerprint density at radius 3 is 2.80 bits per heavy atom. The van der Waals surface area contributed by atoms with Crippen LogP contribution in [0.4, 0.5) is 19.3 Å². The first kappa shape index (κ1) is 20.3. The SMILES string of the molecule is CCN(C(=O)Nc1ccc(F)c(Cl)c1)C1COCc2[nH]c(=O)c3cc(F)ccc3c21. The van der Waals surface area contributed by atoms with Crippen molar-refractivity contribution < 1.29 is 18.3 Å². The van der Waals surface area contributed by atoms with Gasteiger partial charge in [0.05, 0.1) is 29.7 Å². The normalized spacial score (nSPS) is 15.7. The number of urea groups is 1. The Morgan fingerprint density at radius 1 is 1.27 bits per heavy atom. The standard InChI is InChI=1S/C21H18ClF2N3O3/c1-2-27(21(29)25-12-4-6-16(24)15(22)8-12)18-10-30-9-17-19(18)13-5-3-11(23)7-14(13)20(28)26-17/h3-8,18H,2,9-10H2,1H3,(H,25,29)(H,26,28). The molecule has 30 heavy (non-hydrogen) atoms. The van der Waals surface area contributed by atoms with Crippen LogP contribution in [0.2, 0.25) is 5.02 Å². The number of ether oxygens (including phenoxy) is 1. The molecule has 4 rings (SSSR count). The summed E-state index contributed by atoms with van der Waals surface area (Å²) in [4.78, 5) is 29.6. The molecule has 9 heteroatoms. The van der Waals surface area contributed by atoms with Crippen molar-refractivity contribution in [3.05, 3.63) is 74.7 Å². The van der Waals surface area contributed by atoms with Crippen molar-refractivity contribution in [2.75, 3.05) is 18.5 Å². The lowest BCUT2D eigenvalue weighted by Gasteiger charge is -2.35. The number of hydrogen-bond donors (Lipinski definition) is 2. The van der Waals surface area contributed by atoms with E-state index in [2.05, 4.69) is 10.3 Å². The molecule has 1 aromatic heterocycles. The number of H-pyrrole nitrogens is 1. The van der Waals surface area contributed by atoms with Crippen LogP contribution in [0, 0.1) is 11.6 Å². The van der Waals surface area contributed by atoms with E-state index in [9.17, 15) is 18.4 Å². The zero-order valence-electron chi connectivity index (χ0n) is 16.0. The summed E-state index contributed by atoms with van der Waals surface area (Å²) in [5.74, 6) is -1.10. The summed E-state index contributed by atoms with van der Waals surface area (Å²) < 4.78 is 32.7. The number of aromatic amines is 1. The molecule has 0 aliphatic carbocycles. The van der Waals surface area contributed by atoms with Gasteiger partial charge in [-0.3, -0.25) is 4.79 Å². The lowest BCUT2D eigenvalue weighted by atomic mass is 9.95. The van der Waals surface area contributed by atoms with E-state index in [0.717, 1.165) is 0 Å². The smallest absolute Gasteiger partial charge is 0.322 e. The van der Waals surface area contributed by atoms with Crippen LogP contribution in [0.5, 0.6) is 0 Å². The molecule has 6 nitrogen and oxygen atoms in total. The first-order valence-electron chi connectivity index (χ1n) is 9.33. The maximum atomic E-state index is 13.7. The molecule has 156 valence electrons. The monoisotopic (exact) mass is 433 g/mol. The number of pyridine rings is 1. The summed E-state index contributed by atoms with van der Waals surface area (Å²) in [6.07, 6.45) is 0. The van der Waals surface area contributed by atoms with E-state index in [0.29, 0.717) is 28.9 Å². The lowest BCUT2D eigenvalue weighted by Crippen LogP contribution is -2.42. The Balaban J connectivity index is 1.74. The van der Waals surface area contributed by atoms with Gasteiger partial charge < -0.3 is 19.9 Å². The number of halogens is 3. The Kier molecular flexibility index (Phi) is 5.44. The van der Waals surface area contributed by atoms with Gasteiger partial charge in [0.1, 0.15) is 11.6 Å². The molecule has 0 radical (unpaired) electrons. The summed E-state index contributed by atoms with van der Waals surface area (Å²) in [6.45, 7) is 2.52. The minimum absolute atomic E-state index is 0.104. The second-order valence-electron chi connectivity index (χ2n) is 6.91. The molecule has 0 fully saturated rings. The summed E-state index contributed by atoms with van der Waals surface area (Å²) in [7, 11) is 0. The van der Waals surface area contributed by atoms with Gasteiger partial charge in [0.25, 0.3) is 5.56 Å². The van der Waals surface area contributed by atoms with Crippen molar-refractivity contribution >= 4 is 34.1 Å². The molecule has 2 heterocycles. The van der Waals surface area contributed by atoms with Gasteiger partial charge in [-0.15, -0.1) is 0 Å². The molecule has 1 aliphatic heterocycles. The molecule has 0 saturated heterocycles. The van der Waals surface area contributed by atoms with Crippen molar-refractivity contribution in [3.63, 3.8) is 0 Å². The number of nitrogens with one attached hydrogen (secondary N) is 2. The zero-order valence-corrected chi connectivity index (χ0v) is 16.7. The average molecular weight is 434 g/mol. The summed E-state index contributed by atoms with van der Waals surface area (Å²) in [5, 5.41) is 3.38. The number of rotatable bonds is 3. The van der Waals surface area contributed by atoms with Crippen molar-refractivity contribution in [2.45, 2.75) is 19.6 Å². The molecule has 2 aromatic carbocycles. The third-order valence-electron chi connectivity index (χ3n) is 5.11. The third kappa shape index (κ3) is 3.64. The topological polar surface area (TPSA) is 74.4 Å². The minimum Gasteiger partial charge on any atom is -0.373 e. The molecule has 2 N–H and O–H groups in total. The molecule has 1 aliphatic rings. The number of carbonyl (C=O) groups excluding carboxylic acids is 1. The Labute approximate surface area is 175 Å². The van der Waals surface area contributed by atoms with E-state index >= 15 is 0 Å². The first-order chi connectivity index (χ1) is 14.4. The Morgan fingerprint density at radius 2 is 2.07 bits per heavy atom. The number of amides is 2. The maximum absolute atomic E-state index is 13.7. The van der Waals surface area contributed by atoms with Crippen molar-refractivity contribution in [1.29, 1.82) is 0 Å². The minimum atomic E-state index is -0.584. The number of nitrogens with zero attached hydrogens (tertiary/aromatic N) is 1. The fourth-order valence-corrected chi connectivity index (χ4v) is 3.92. The number of anilines is 1. The van der Waals surface area contributed by atoms with E-state index in [-0.39, 0.29) is 23.6 Å². The van der Waals surface area contributed by atoms with Gasteiger partial charge in [0.2, 0.25) is 0 Å². The number of benzene rings is 2. The second kappa shape index (κ2) is 8.04. The van der Waals surface area contributed by atoms with Crippen LogP contribution in [0.25, 0.3) is 10.8 Å². The Hall–Kier alpha value is -2.97. The fraction of sp³-hybridized carbons (Fsp3) is 0.238. The van der Waals surface area contributed by atoms with Crippen LogP contribution in [0.1, 0.15) is 24.2 Å². The fourth-order valence-electron chi connectivity index (χ4n) is 3.74. The molecule has 1 unspecified atom stereocenters. The van der Waals surface area contributed by atoms with Crippen LogP contribution in [-0.2, 0) is 11.3 Å². The number of carbonyl (C=O) groups is 1. The zero-order chi connectivity index (χ0) is 21.4. The predicted molar refractivity (Wildman–Crippen MR) is 110 cm³/mol. The van der Waals surface area contributed by atoms with Crippen LogP contribution < -0.4 is 10.9 Å². The van der Waals surface area contributed by atoms with Gasteiger partial charge in [-0.05, 0) is 42.6 Å². The molecule has 1 atom stereocenters. The quantitative estimate of drug-likeness (QED) is 0.634. The molecular weight excluding hydrogens is 416 g/mol. The van der Waals surface area contributed by atoms with Crippen molar-refractivity contribution in [2.24, 2.45) is 0 Å². The van der Waals surface area contributed by atoms with Crippen LogP contribution in [0.3, 0.4) is 0 Å². The maximum Gasteiger partial charge on any atom is 0.322 e. The lowest BCUT2D eigenvalue weighted by molar-refractivity contribution is 0.0471. The number of fused-ring (bicyclic) bond motifs is 3. The number of hydrogen-bond acceptors (Lipinski definition) is 3. The van der Waals surface area contributed by atoms with Crippen molar-refractivity contribution in [3.8, 4) is 0 Å². The van der Waals surface area contributed by atoms with Gasteiger partial charge in [-0.25, -0.2) is 13.6 Å². The molecular formula is C21H18ClF2N3O3. The first-order valence-corrected chi connectivity index (χ1v) is 9.71. The average Bonchev–Trinajstić information content (AvgIpc) is 2.71. The van der Waals surface area contributed by atoms with E-state index in [1.807, 2.05) is 0 Å². The highest BCUT2D eigenvalue weighted by Crippen LogP contribution is 2.34. The predicted octanol–water partition coefficient (Wildman–Crippen LogP) is 4.59. The van der Waals surface area contributed by atoms with Gasteiger partial charge in [-0.2, -0.15) is 0 Å². The number of likely N-dealkylation sites (N-methyl/N-ethyl adjacent to an activating group) is 1. The molecule has 0 bridgehead atoms. The molecule has 3 aromatic rings. The van der Waals surface area contributed by atoms with E-state index < -0.39 is 29.3 Å². The summed E-state index contributed by atoms with van der Waals surface area (Å²) in [6, 6.07) is 6.95. The second-order valence-corrected chi connectivity index (χ2v) is 7.32. The van der Waals surface area contributed by atoms with Gasteiger partial charge in [0.15, 0.2) is 0 Å². The van der Waals surface area contributed by atoms with E-state index in [1.165, 1.54) is 35.2 Å². The summed E-state index contributed by atoms with van der Waals surface area (Å²) in [5.41, 5.74) is 1.19. The largest absolute Gasteiger partial charge is 0.373 e. The highest BCUT2D eigenvalue weighted by Gasteiger charge is 2.32. The Bertz CT molecular complexity index is 1200. The number of aromatic nitrogens is 1. The van der Waals surface area contributed by atoms with E-state index in [4.69, 9.17) is 16.3 Å². The highest BCUT2D eigenvalue weighted by atomic mass is 35.5. The summed E-state index contributed by atoms with van der Waals surface area (Å²) >= 11 is 5.80. The van der Waals surface area contributed by atoms with Crippen LogP contribution >= 0.6 is 11.6 Å². The van der Waals surface area contributed by atoms with Crippen molar-refractivity contribution in [1.82, 2.24) is 9.88 Å².